The minimum Gasteiger partial charge on any atom is -0.465 e. The average molecular weight is 417 g/mol. The minimum absolute atomic E-state index is 0. The lowest BCUT2D eigenvalue weighted by molar-refractivity contribution is -0.138. The second-order valence-electron chi connectivity index (χ2n) is 5.78. The number of nitrogens with two attached hydrogens (primary N) is 1. The minimum atomic E-state index is -4.89. The Morgan fingerprint density at radius 2 is 1.88 bits per heavy atom. The van der Waals surface area contributed by atoms with Crippen LogP contribution in [0.1, 0.15) is 28.8 Å². The maximum Gasteiger partial charge on any atom is 0.417 e. The van der Waals surface area contributed by atoms with Crippen molar-refractivity contribution < 1.29 is 31.1 Å². The number of esters is 1. The molecule has 0 atom stereocenters. The number of hydrogen-bond donors (Lipinski definition) is 1. The smallest absolute Gasteiger partial charge is 0.417 e. The third-order valence-corrected chi connectivity index (χ3v) is 6.14. The molecule has 0 aromatic heterocycles. The van der Waals surface area contributed by atoms with E-state index in [0.29, 0.717) is 25.5 Å². The van der Waals surface area contributed by atoms with Crippen LogP contribution in [0.25, 0.3) is 0 Å². The number of nitrogens with zero attached hydrogens (tertiary/aromatic N) is 1. The Hall–Kier alpha value is -1.36. The number of carbonyl (C=O) groups excluding carboxylic acids is 1. The molecule has 11 heteroatoms. The molecular weight excluding hydrogens is 397 g/mol. The SMILES string of the molecule is COC(=O)c1ccc(S(=O)(=O)N2CCC(CN)CC2)cc1C(F)(F)F.Cl. The van der Waals surface area contributed by atoms with E-state index in [1.165, 1.54) is 0 Å². The summed E-state index contributed by atoms with van der Waals surface area (Å²) < 4.78 is 70.4. The molecule has 26 heavy (non-hydrogen) atoms. The maximum absolute atomic E-state index is 13.2. The van der Waals surface area contributed by atoms with Crippen LogP contribution in [-0.2, 0) is 20.9 Å². The Bertz CT molecular complexity index is 748. The molecular formula is C15H20ClF3N2O4S. The highest BCUT2D eigenvalue weighted by molar-refractivity contribution is 7.89. The summed E-state index contributed by atoms with van der Waals surface area (Å²) in [6.07, 6.45) is -3.77. The van der Waals surface area contributed by atoms with Gasteiger partial charge in [0.25, 0.3) is 0 Å². The maximum atomic E-state index is 13.2. The van der Waals surface area contributed by atoms with E-state index in [9.17, 15) is 26.4 Å². The van der Waals surface area contributed by atoms with Crippen molar-refractivity contribution in [1.82, 2.24) is 4.31 Å². The van der Waals surface area contributed by atoms with E-state index >= 15 is 0 Å². The van der Waals surface area contributed by atoms with Crippen molar-refractivity contribution in [2.45, 2.75) is 23.9 Å². The number of rotatable bonds is 4. The highest BCUT2D eigenvalue weighted by atomic mass is 35.5. The zero-order valence-electron chi connectivity index (χ0n) is 14.0. The largest absolute Gasteiger partial charge is 0.465 e. The Morgan fingerprint density at radius 3 is 2.35 bits per heavy atom. The first-order valence-corrected chi connectivity index (χ1v) is 9.05. The molecule has 148 valence electrons. The average Bonchev–Trinajstić information content (AvgIpc) is 2.59. The molecule has 1 aromatic rings. The van der Waals surface area contributed by atoms with Crippen LogP contribution in [0.5, 0.6) is 0 Å². The molecule has 0 saturated carbocycles. The van der Waals surface area contributed by atoms with Crippen molar-refractivity contribution in [2.75, 3.05) is 26.7 Å². The monoisotopic (exact) mass is 416 g/mol. The summed E-state index contributed by atoms with van der Waals surface area (Å²) in [5.74, 6) is -0.973. The third-order valence-electron chi connectivity index (χ3n) is 4.25. The first-order chi connectivity index (χ1) is 11.6. The van der Waals surface area contributed by atoms with Gasteiger partial charge in [0.1, 0.15) is 0 Å². The van der Waals surface area contributed by atoms with Crippen LogP contribution in [0.15, 0.2) is 23.1 Å². The fourth-order valence-corrected chi connectivity index (χ4v) is 4.24. The molecule has 1 saturated heterocycles. The molecule has 2 N–H and O–H groups in total. The van der Waals surface area contributed by atoms with Crippen molar-refractivity contribution in [3.8, 4) is 0 Å². The molecule has 1 fully saturated rings. The zero-order chi connectivity index (χ0) is 18.8. The van der Waals surface area contributed by atoms with E-state index in [1.54, 1.807) is 0 Å². The van der Waals surface area contributed by atoms with Gasteiger partial charge in [-0.15, -0.1) is 12.4 Å². The van der Waals surface area contributed by atoms with Gasteiger partial charge in [0.05, 0.1) is 23.1 Å². The van der Waals surface area contributed by atoms with Crippen molar-refractivity contribution >= 4 is 28.4 Å². The Labute approximate surface area is 155 Å². The van der Waals surface area contributed by atoms with Gasteiger partial charge in [-0.2, -0.15) is 17.5 Å². The van der Waals surface area contributed by atoms with Gasteiger partial charge in [-0.3, -0.25) is 0 Å². The van der Waals surface area contributed by atoms with E-state index in [4.69, 9.17) is 5.73 Å². The number of ether oxygens (including phenoxy) is 1. The van der Waals surface area contributed by atoms with Gasteiger partial charge in [-0.1, -0.05) is 0 Å². The summed E-state index contributed by atoms with van der Waals surface area (Å²) in [6, 6.07) is 2.30. The lowest BCUT2D eigenvalue weighted by Crippen LogP contribution is -2.40. The summed E-state index contributed by atoms with van der Waals surface area (Å²) in [6.45, 7) is 0.842. The molecule has 0 radical (unpaired) electrons. The second kappa shape index (κ2) is 8.55. The van der Waals surface area contributed by atoms with Gasteiger partial charge in [0.15, 0.2) is 0 Å². The second-order valence-corrected chi connectivity index (χ2v) is 7.72. The zero-order valence-corrected chi connectivity index (χ0v) is 15.6. The molecule has 1 aromatic carbocycles. The van der Waals surface area contributed by atoms with Crippen LogP contribution in [0, 0.1) is 5.92 Å². The summed E-state index contributed by atoms with van der Waals surface area (Å²) in [7, 11) is -3.13. The van der Waals surface area contributed by atoms with Crippen LogP contribution < -0.4 is 5.73 Å². The standard InChI is InChI=1S/C15H19F3N2O4S.ClH/c1-24-14(21)12-3-2-11(8-13(12)15(16,17)18)25(22,23)20-6-4-10(9-19)5-7-20;/h2-3,8,10H,4-7,9,19H2,1H3;1H. The van der Waals surface area contributed by atoms with Crippen LogP contribution in [0.3, 0.4) is 0 Å². The Kier molecular flexibility index (Phi) is 7.46. The number of carbonyl (C=O) groups is 1. The summed E-state index contributed by atoms with van der Waals surface area (Å²) in [4.78, 5) is 11.0. The van der Waals surface area contributed by atoms with Gasteiger partial charge < -0.3 is 10.5 Å². The molecule has 0 amide bonds. The number of alkyl halides is 3. The number of sulfonamides is 1. The first kappa shape index (κ1) is 22.7. The highest BCUT2D eigenvalue weighted by Gasteiger charge is 2.38. The van der Waals surface area contributed by atoms with Gasteiger partial charge in [-0.25, -0.2) is 13.2 Å². The third kappa shape index (κ3) is 4.67. The van der Waals surface area contributed by atoms with E-state index in [1.807, 2.05) is 0 Å². The van der Waals surface area contributed by atoms with Crippen LogP contribution in [0.4, 0.5) is 13.2 Å². The topological polar surface area (TPSA) is 89.7 Å². The predicted molar refractivity (Wildman–Crippen MR) is 90.6 cm³/mol. The van der Waals surface area contributed by atoms with Crippen molar-refractivity contribution in [3.63, 3.8) is 0 Å². The number of hydrogen-bond acceptors (Lipinski definition) is 5. The summed E-state index contributed by atoms with van der Waals surface area (Å²) in [5.41, 5.74) is 3.50. The van der Waals surface area contributed by atoms with E-state index in [-0.39, 0.29) is 31.4 Å². The van der Waals surface area contributed by atoms with E-state index < -0.39 is 38.2 Å². The van der Waals surface area contributed by atoms with E-state index in [0.717, 1.165) is 23.5 Å². The van der Waals surface area contributed by atoms with Gasteiger partial charge in [-0.05, 0) is 43.5 Å². The van der Waals surface area contributed by atoms with Crippen molar-refractivity contribution in [3.05, 3.63) is 29.3 Å². The summed E-state index contributed by atoms with van der Waals surface area (Å²) in [5, 5.41) is 0. The van der Waals surface area contributed by atoms with Gasteiger partial charge in [0.2, 0.25) is 10.0 Å². The molecule has 6 nitrogen and oxygen atoms in total. The number of benzene rings is 1. The van der Waals surface area contributed by atoms with Crippen LogP contribution in [0.2, 0.25) is 0 Å². The van der Waals surface area contributed by atoms with Crippen LogP contribution >= 0.6 is 12.4 Å². The molecule has 2 rings (SSSR count). The first-order valence-electron chi connectivity index (χ1n) is 7.61. The number of methoxy groups -OCH3 is 1. The lowest BCUT2D eigenvalue weighted by Gasteiger charge is -2.30. The molecule has 0 unspecified atom stereocenters. The lowest BCUT2D eigenvalue weighted by atomic mass is 9.99. The molecule has 0 bridgehead atoms. The van der Waals surface area contributed by atoms with E-state index in [2.05, 4.69) is 4.74 Å². The Balaban J connectivity index is 0.00000338. The van der Waals surface area contributed by atoms with Gasteiger partial charge >= 0.3 is 12.1 Å². The quantitative estimate of drug-likeness (QED) is 0.760. The normalized spacial score (nSPS) is 16.8. The molecule has 1 aliphatic rings. The predicted octanol–water partition coefficient (Wildman–Crippen LogP) is 2.27. The van der Waals surface area contributed by atoms with Crippen molar-refractivity contribution in [1.29, 1.82) is 0 Å². The van der Waals surface area contributed by atoms with Crippen LogP contribution in [-0.4, -0.2) is 45.4 Å². The Morgan fingerprint density at radius 1 is 1.31 bits per heavy atom. The molecule has 1 aliphatic heterocycles. The van der Waals surface area contributed by atoms with Gasteiger partial charge in [0, 0.05) is 13.1 Å². The fourth-order valence-electron chi connectivity index (χ4n) is 2.74. The highest BCUT2D eigenvalue weighted by Crippen LogP contribution is 2.35. The number of halogens is 4. The summed E-state index contributed by atoms with van der Waals surface area (Å²) >= 11 is 0. The number of piperidine rings is 1. The van der Waals surface area contributed by atoms with Crippen molar-refractivity contribution in [2.24, 2.45) is 11.7 Å². The molecule has 1 heterocycles. The fraction of sp³-hybridized carbons (Fsp3) is 0.533. The molecule has 0 aliphatic carbocycles. The molecule has 0 spiro atoms.